The Labute approximate surface area is 133 Å². The zero-order chi connectivity index (χ0) is 15.2. The molecule has 1 aromatic carbocycles. The molecule has 0 aromatic heterocycles. The maximum atomic E-state index is 13.6. The lowest BCUT2D eigenvalue weighted by atomic mass is 9.79. The van der Waals surface area contributed by atoms with Crippen molar-refractivity contribution >= 4 is 39.0 Å². The van der Waals surface area contributed by atoms with Gasteiger partial charge in [0, 0.05) is 23.3 Å². The molecule has 0 radical (unpaired) electrons. The lowest BCUT2D eigenvalue weighted by molar-refractivity contribution is 0.158. The van der Waals surface area contributed by atoms with E-state index in [0.29, 0.717) is 27.7 Å². The Hall–Kier alpha value is -1.28. The monoisotopic (exact) mass is 374 g/mol. The molecule has 2 heterocycles. The maximum absolute atomic E-state index is 13.6. The van der Waals surface area contributed by atoms with E-state index < -0.39 is 17.4 Å². The number of nitrogens with one attached hydrogen (secondary N) is 1. The summed E-state index contributed by atoms with van der Waals surface area (Å²) < 4.78 is 19.6. The number of aliphatic imine (C=N–C) groups is 1. The first kappa shape index (κ1) is 14.6. The largest absolute Gasteiger partial charge is 0.493 e. The minimum atomic E-state index is -1.14. The molecular formula is C13H12BrFN2O3S. The van der Waals surface area contributed by atoms with E-state index in [-0.39, 0.29) is 5.92 Å². The molecular weight excluding hydrogens is 363 g/mol. The van der Waals surface area contributed by atoms with Gasteiger partial charge in [-0.1, -0.05) is 11.8 Å². The van der Waals surface area contributed by atoms with Gasteiger partial charge in [-0.25, -0.2) is 9.18 Å². The molecule has 0 fully saturated rings. The van der Waals surface area contributed by atoms with Gasteiger partial charge in [0.2, 0.25) is 0 Å². The van der Waals surface area contributed by atoms with Crippen molar-refractivity contribution in [1.29, 1.82) is 0 Å². The fourth-order valence-corrected chi connectivity index (χ4v) is 4.09. The van der Waals surface area contributed by atoms with Crippen molar-refractivity contribution in [2.24, 2.45) is 10.9 Å². The molecule has 0 aliphatic carbocycles. The highest BCUT2D eigenvalue weighted by molar-refractivity contribution is 9.10. The number of amidine groups is 1. The summed E-state index contributed by atoms with van der Waals surface area (Å²) in [5.74, 6) is 0.852. The molecule has 2 aliphatic rings. The molecule has 0 saturated heterocycles. The Bertz CT molecular complexity index is 655. The summed E-state index contributed by atoms with van der Waals surface area (Å²) in [4.78, 5) is 15.3. The van der Waals surface area contributed by atoms with Crippen molar-refractivity contribution in [1.82, 2.24) is 5.32 Å². The van der Waals surface area contributed by atoms with Crippen molar-refractivity contribution in [3.8, 4) is 5.75 Å². The summed E-state index contributed by atoms with van der Waals surface area (Å²) in [5.41, 5.74) is 0.129. The number of ether oxygens (including phenoxy) is 1. The Morgan fingerprint density at radius 2 is 2.43 bits per heavy atom. The van der Waals surface area contributed by atoms with Gasteiger partial charge in [0.1, 0.15) is 11.6 Å². The Balaban J connectivity index is 2.09. The number of carboxylic acid groups (broad SMARTS) is 1. The van der Waals surface area contributed by atoms with Gasteiger partial charge in [-0.15, -0.1) is 0 Å². The highest BCUT2D eigenvalue weighted by Crippen LogP contribution is 2.48. The first-order chi connectivity index (χ1) is 9.90. The SMILES string of the molecule is C[C@]12N=C(NC(=O)O)SC[C@H]1COc1cc(F)c(Br)cc12. The van der Waals surface area contributed by atoms with Gasteiger partial charge in [-0.05, 0) is 28.9 Å². The van der Waals surface area contributed by atoms with Crippen LogP contribution < -0.4 is 10.1 Å². The molecule has 3 rings (SSSR count). The Morgan fingerprint density at radius 3 is 3.14 bits per heavy atom. The highest BCUT2D eigenvalue weighted by atomic mass is 79.9. The number of carbonyl (C=O) groups is 1. The van der Waals surface area contributed by atoms with Crippen LogP contribution in [0.3, 0.4) is 0 Å². The van der Waals surface area contributed by atoms with Crippen molar-refractivity contribution in [3.63, 3.8) is 0 Å². The second kappa shape index (κ2) is 5.17. The number of halogens is 2. The molecule has 0 saturated carbocycles. The number of hydrogen-bond acceptors (Lipinski definition) is 4. The number of amides is 1. The molecule has 5 nitrogen and oxygen atoms in total. The van der Waals surface area contributed by atoms with Crippen LogP contribution in [0.1, 0.15) is 12.5 Å². The average Bonchev–Trinajstić information content (AvgIpc) is 2.39. The van der Waals surface area contributed by atoms with E-state index in [2.05, 4.69) is 26.2 Å². The third-order valence-corrected chi connectivity index (χ3v) is 5.42. The van der Waals surface area contributed by atoms with E-state index in [9.17, 15) is 9.18 Å². The third kappa shape index (κ3) is 2.50. The fraction of sp³-hybridized carbons (Fsp3) is 0.385. The van der Waals surface area contributed by atoms with Gasteiger partial charge in [0.05, 0.1) is 16.6 Å². The summed E-state index contributed by atoms with van der Waals surface area (Å²) in [6, 6.07) is 3.00. The number of benzene rings is 1. The van der Waals surface area contributed by atoms with Crippen molar-refractivity contribution in [2.45, 2.75) is 12.5 Å². The molecule has 2 atom stereocenters. The van der Waals surface area contributed by atoms with Crippen molar-refractivity contribution in [3.05, 3.63) is 28.0 Å². The zero-order valence-corrected chi connectivity index (χ0v) is 13.4. The van der Waals surface area contributed by atoms with Crippen LogP contribution in [0.2, 0.25) is 0 Å². The van der Waals surface area contributed by atoms with Crippen molar-refractivity contribution < 1.29 is 19.0 Å². The van der Waals surface area contributed by atoms with E-state index in [0.717, 1.165) is 5.56 Å². The Morgan fingerprint density at radius 1 is 1.67 bits per heavy atom. The summed E-state index contributed by atoms with van der Waals surface area (Å²) in [7, 11) is 0. The van der Waals surface area contributed by atoms with Gasteiger partial charge in [-0.2, -0.15) is 0 Å². The normalized spacial score (nSPS) is 27.0. The molecule has 0 spiro atoms. The molecule has 2 N–H and O–H groups in total. The van der Waals surface area contributed by atoms with Gasteiger partial charge < -0.3 is 9.84 Å². The molecule has 1 amide bonds. The maximum Gasteiger partial charge on any atom is 0.410 e. The summed E-state index contributed by atoms with van der Waals surface area (Å²) in [6.45, 7) is 2.36. The third-order valence-electron chi connectivity index (χ3n) is 3.77. The van der Waals surface area contributed by atoms with Crippen LogP contribution in [0.5, 0.6) is 5.75 Å². The lowest BCUT2D eigenvalue weighted by Gasteiger charge is -2.42. The van der Waals surface area contributed by atoms with Crippen LogP contribution in [0.25, 0.3) is 0 Å². The van der Waals surface area contributed by atoms with E-state index in [4.69, 9.17) is 9.84 Å². The molecule has 21 heavy (non-hydrogen) atoms. The van der Waals surface area contributed by atoms with Crippen LogP contribution in [0.15, 0.2) is 21.6 Å². The van der Waals surface area contributed by atoms with E-state index >= 15 is 0 Å². The predicted molar refractivity (Wildman–Crippen MR) is 81.5 cm³/mol. The van der Waals surface area contributed by atoms with Crippen LogP contribution in [0.4, 0.5) is 9.18 Å². The first-order valence-electron chi connectivity index (χ1n) is 6.25. The summed E-state index contributed by atoms with van der Waals surface area (Å²) >= 11 is 4.53. The quantitative estimate of drug-likeness (QED) is 0.731. The molecule has 0 bridgehead atoms. The van der Waals surface area contributed by atoms with E-state index in [1.807, 2.05) is 6.92 Å². The summed E-state index contributed by atoms with van der Waals surface area (Å²) in [6.07, 6.45) is -1.14. The minimum Gasteiger partial charge on any atom is -0.493 e. The fourth-order valence-electron chi connectivity index (χ4n) is 2.56. The van der Waals surface area contributed by atoms with E-state index in [1.165, 1.54) is 17.8 Å². The van der Waals surface area contributed by atoms with Crippen LogP contribution in [0, 0.1) is 11.7 Å². The molecule has 8 heteroatoms. The standard InChI is InChI=1S/C13H12BrFN2O3S/c1-13-6(5-21-11(17-13)16-12(18)19)4-20-10-3-9(15)8(14)2-7(10)13/h2-3,6H,4-5H2,1H3,(H,16,17)(H,18,19)/t6-,13+/m1/s1. The number of nitrogens with zero attached hydrogens (tertiary/aromatic N) is 1. The van der Waals surface area contributed by atoms with E-state index in [1.54, 1.807) is 6.07 Å². The molecule has 1 aromatic rings. The highest BCUT2D eigenvalue weighted by Gasteiger charge is 2.45. The Kier molecular flexibility index (Phi) is 3.61. The average molecular weight is 375 g/mol. The second-order valence-corrected chi connectivity index (χ2v) is 6.94. The first-order valence-corrected chi connectivity index (χ1v) is 8.03. The lowest BCUT2D eigenvalue weighted by Crippen LogP contribution is -2.45. The molecule has 0 unspecified atom stereocenters. The van der Waals surface area contributed by atoms with Crippen LogP contribution in [-0.4, -0.2) is 28.7 Å². The second-order valence-electron chi connectivity index (χ2n) is 5.08. The van der Waals surface area contributed by atoms with Crippen LogP contribution in [-0.2, 0) is 5.54 Å². The van der Waals surface area contributed by atoms with Gasteiger partial charge >= 0.3 is 6.09 Å². The summed E-state index contributed by atoms with van der Waals surface area (Å²) in [5, 5.41) is 11.5. The van der Waals surface area contributed by atoms with Gasteiger partial charge in [-0.3, -0.25) is 10.3 Å². The van der Waals surface area contributed by atoms with Gasteiger partial charge in [0.15, 0.2) is 5.17 Å². The number of rotatable bonds is 0. The zero-order valence-electron chi connectivity index (χ0n) is 11.0. The van der Waals surface area contributed by atoms with Crippen LogP contribution >= 0.6 is 27.7 Å². The minimum absolute atomic E-state index is 0.103. The number of fused-ring (bicyclic) bond motifs is 3. The molecule has 2 aliphatic heterocycles. The number of thioether (sulfide) groups is 1. The number of hydrogen-bond donors (Lipinski definition) is 2. The smallest absolute Gasteiger partial charge is 0.410 e. The van der Waals surface area contributed by atoms with Crippen molar-refractivity contribution in [2.75, 3.05) is 12.4 Å². The predicted octanol–water partition coefficient (Wildman–Crippen LogP) is 3.18. The van der Waals surface area contributed by atoms with Gasteiger partial charge in [0.25, 0.3) is 0 Å². The topological polar surface area (TPSA) is 70.9 Å². The molecule has 112 valence electrons.